The van der Waals surface area contributed by atoms with E-state index >= 15 is 0 Å². The van der Waals surface area contributed by atoms with E-state index in [-0.39, 0.29) is 0 Å². The average molecular weight is 286 g/mol. The summed E-state index contributed by atoms with van der Waals surface area (Å²) in [5.41, 5.74) is 1.96. The van der Waals surface area contributed by atoms with Gasteiger partial charge in [-0.2, -0.15) is 0 Å². The number of carbonyl (C=O) groups is 2. The number of halogens is 1. The van der Waals surface area contributed by atoms with Crippen molar-refractivity contribution in [2.45, 2.75) is 6.54 Å². The number of carbonyl (C=O) groups excluding carboxylic acids is 2. The van der Waals surface area contributed by atoms with E-state index in [4.69, 9.17) is 5.11 Å². The van der Waals surface area contributed by atoms with Crippen LogP contribution in [0.25, 0.3) is 0 Å². The lowest BCUT2D eigenvalue weighted by molar-refractivity contribution is 0.0879. The van der Waals surface area contributed by atoms with Gasteiger partial charge in [-0.1, -0.05) is 6.07 Å². The molecule has 1 aliphatic rings. The van der Waals surface area contributed by atoms with Crippen molar-refractivity contribution in [2.24, 2.45) is 0 Å². The number of amides is 2. The van der Waals surface area contributed by atoms with Gasteiger partial charge in [-0.25, -0.2) is 4.39 Å². The standard InChI is InChI=1S/C15H11FN2O3/c16-12-5-8(1-4-13(12)19)7-17-9-2-3-10-11(6-9)15(21)18-14(10)20/h1-6,17,19H,7H2,(H,18,20,21). The fourth-order valence-corrected chi connectivity index (χ4v) is 2.14. The van der Waals surface area contributed by atoms with Gasteiger partial charge in [0.05, 0.1) is 11.1 Å². The molecule has 1 heterocycles. The number of benzene rings is 2. The van der Waals surface area contributed by atoms with E-state index in [1.807, 2.05) is 0 Å². The maximum Gasteiger partial charge on any atom is 0.259 e. The number of hydrogen-bond donors (Lipinski definition) is 3. The molecule has 0 unspecified atom stereocenters. The number of phenolic OH excluding ortho intramolecular Hbond substituents is 1. The molecule has 3 N–H and O–H groups in total. The van der Waals surface area contributed by atoms with Crippen LogP contribution in [0.1, 0.15) is 26.3 Å². The fourth-order valence-electron chi connectivity index (χ4n) is 2.14. The Morgan fingerprint density at radius 2 is 1.81 bits per heavy atom. The van der Waals surface area contributed by atoms with E-state index in [1.165, 1.54) is 12.1 Å². The molecule has 0 spiro atoms. The van der Waals surface area contributed by atoms with Crippen molar-refractivity contribution in [3.05, 3.63) is 58.9 Å². The first kappa shape index (κ1) is 13.1. The second-order valence-electron chi connectivity index (χ2n) is 4.68. The first-order valence-electron chi connectivity index (χ1n) is 6.25. The van der Waals surface area contributed by atoms with E-state index in [0.29, 0.717) is 28.9 Å². The van der Waals surface area contributed by atoms with Crippen molar-refractivity contribution < 1.29 is 19.1 Å². The Balaban J connectivity index is 1.77. The minimum Gasteiger partial charge on any atom is -0.505 e. The molecule has 0 saturated heterocycles. The highest BCUT2D eigenvalue weighted by molar-refractivity contribution is 6.21. The average Bonchev–Trinajstić information content (AvgIpc) is 2.75. The molecule has 2 aromatic rings. The lowest BCUT2D eigenvalue weighted by atomic mass is 10.1. The zero-order chi connectivity index (χ0) is 15.0. The van der Waals surface area contributed by atoms with Gasteiger partial charge in [-0.3, -0.25) is 14.9 Å². The first-order valence-corrected chi connectivity index (χ1v) is 6.25. The van der Waals surface area contributed by atoms with Crippen LogP contribution in [0, 0.1) is 5.82 Å². The summed E-state index contributed by atoms with van der Waals surface area (Å²) in [5.74, 6) is -1.91. The summed E-state index contributed by atoms with van der Waals surface area (Å²) in [4.78, 5) is 23.0. The highest BCUT2D eigenvalue weighted by Crippen LogP contribution is 2.21. The predicted molar refractivity (Wildman–Crippen MR) is 73.6 cm³/mol. The van der Waals surface area contributed by atoms with Crippen molar-refractivity contribution in [3.63, 3.8) is 0 Å². The number of nitrogens with one attached hydrogen (secondary N) is 2. The van der Waals surface area contributed by atoms with Crippen LogP contribution >= 0.6 is 0 Å². The molecule has 2 amide bonds. The molecule has 6 heteroatoms. The smallest absolute Gasteiger partial charge is 0.259 e. The van der Waals surface area contributed by atoms with Crippen molar-refractivity contribution in [1.82, 2.24) is 5.32 Å². The zero-order valence-electron chi connectivity index (χ0n) is 10.8. The molecule has 0 saturated carbocycles. The highest BCUT2D eigenvalue weighted by atomic mass is 19.1. The fraction of sp³-hybridized carbons (Fsp3) is 0.0667. The zero-order valence-corrected chi connectivity index (χ0v) is 10.8. The van der Waals surface area contributed by atoms with Crippen LogP contribution in [0.15, 0.2) is 36.4 Å². The van der Waals surface area contributed by atoms with Gasteiger partial charge < -0.3 is 10.4 Å². The van der Waals surface area contributed by atoms with E-state index in [2.05, 4.69) is 10.6 Å². The Kier molecular flexibility index (Phi) is 3.06. The summed E-state index contributed by atoms with van der Waals surface area (Å²) in [7, 11) is 0. The largest absolute Gasteiger partial charge is 0.505 e. The number of phenols is 1. The molecule has 2 aromatic carbocycles. The molecule has 106 valence electrons. The summed E-state index contributed by atoms with van der Waals surface area (Å²) in [6, 6.07) is 8.91. The van der Waals surface area contributed by atoms with Gasteiger partial charge in [0.1, 0.15) is 0 Å². The number of rotatable bonds is 3. The summed E-state index contributed by atoms with van der Waals surface area (Å²) in [5, 5.41) is 14.4. The number of hydrogen-bond acceptors (Lipinski definition) is 4. The van der Waals surface area contributed by atoms with Gasteiger partial charge in [-0.15, -0.1) is 0 Å². The number of anilines is 1. The van der Waals surface area contributed by atoms with Gasteiger partial charge >= 0.3 is 0 Å². The van der Waals surface area contributed by atoms with Crippen molar-refractivity contribution in [1.29, 1.82) is 0 Å². The lowest BCUT2D eigenvalue weighted by Crippen LogP contribution is -2.19. The van der Waals surface area contributed by atoms with E-state index in [1.54, 1.807) is 24.3 Å². The predicted octanol–water partition coefficient (Wildman–Crippen LogP) is 2.03. The molecule has 3 rings (SSSR count). The molecule has 0 bridgehead atoms. The Bertz CT molecular complexity index is 759. The maximum absolute atomic E-state index is 13.2. The Hall–Kier alpha value is -2.89. The lowest BCUT2D eigenvalue weighted by Gasteiger charge is -2.08. The van der Waals surface area contributed by atoms with Crippen LogP contribution in [0.3, 0.4) is 0 Å². The van der Waals surface area contributed by atoms with Crippen LogP contribution < -0.4 is 10.6 Å². The minimum atomic E-state index is -0.687. The second kappa shape index (κ2) is 4.90. The van der Waals surface area contributed by atoms with Crippen LogP contribution in [0.5, 0.6) is 5.75 Å². The van der Waals surface area contributed by atoms with Crippen LogP contribution in [-0.4, -0.2) is 16.9 Å². The quantitative estimate of drug-likeness (QED) is 0.754. The van der Waals surface area contributed by atoms with Crippen molar-refractivity contribution in [2.75, 3.05) is 5.32 Å². The summed E-state index contributed by atoms with van der Waals surface area (Å²) < 4.78 is 13.2. The summed E-state index contributed by atoms with van der Waals surface area (Å²) in [6.07, 6.45) is 0. The van der Waals surface area contributed by atoms with Crippen LogP contribution in [0.4, 0.5) is 10.1 Å². The number of aromatic hydroxyl groups is 1. The first-order chi connectivity index (χ1) is 10.0. The Labute approximate surface area is 119 Å². The molecular weight excluding hydrogens is 275 g/mol. The number of imide groups is 1. The molecule has 0 radical (unpaired) electrons. The van der Waals surface area contributed by atoms with Crippen LogP contribution in [0.2, 0.25) is 0 Å². The molecule has 0 aliphatic carbocycles. The topological polar surface area (TPSA) is 78.4 Å². The Morgan fingerprint density at radius 1 is 1.05 bits per heavy atom. The van der Waals surface area contributed by atoms with Crippen LogP contribution in [-0.2, 0) is 6.54 Å². The van der Waals surface area contributed by atoms with E-state index in [9.17, 15) is 14.0 Å². The second-order valence-corrected chi connectivity index (χ2v) is 4.68. The van der Waals surface area contributed by atoms with Gasteiger partial charge in [-0.05, 0) is 35.9 Å². The van der Waals surface area contributed by atoms with Crippen molar-refractivity contribution in [3.8, 4) is 5.75 Å². The van der Waals surface area contributed by atoms with Gasteiger partial charge in [0.2, 0.25) is 0 Å². The molecule has 0 atom stereocenters. The molecule has 0 aromatic heterocycles. The maximum atomic E-state index is 13.2. The summed E-state index contributed by atoms with van der Waals surface area (Å²) in [6.45, 7) is 0.325. The normalized spacial score (nSPS) is 13.0. The third-order valence-electron chi connectivity index (χ3n) is 3.24. The third kappa shape index (κ3) is 2.43. The molecule has 1 aliphatic heterocycles. The van der Waals surface area contributed by atoms with Gasteiger partial charge in [0.15, 0.2) is 11.6 Å². The third-order valence-corrected chi connectivity index (χ3v) is 3.24. The SMILES string of the molecule is O=C1NC(=O)c2cc(NCc3ccc(O)c(F)c3)ccc21. The Morgan fingerprint density at radius 3 is 2.57 bits per heavy atom. The molecule has 21 heavy (non-hydrogen) atoms. The van der Waals surface area contributed by atoms with E-state index in [0.717, 1.165) is 0 Å². The summed E-state index contributed by atoms with van der Waals surface area (Å²) >= 11 is 0. The van der Waals surface area contributed by atoms with Crippen molar-refractivity contribution >= 4 is 17.5 Å². The number of fused-ring (bicyclic) bond motifs is 1. The molecule has 0 fully saturated rings. The highest BCUT2D eigenvalue weighted by Gasteiger charge is 2.26. The molecular formula is C15H11FN2O3. The van der Waals surface area contributed by atoms with E-state index < -0.39 is 23.4 Å². The minimum absolute atomic E-state index is 0.321. The van der Waals surface area contributed by atoms with Gasteiger partial charge in [0.25, 0.3) is 11.8 Å². The monoisotopic (exact) mass is 286 g/mol. The molecule has 5 nitrogen and oxygen atoms in total. The van der Waals surface area contributed by atoms with Gasteiger partial charge in [0, 0.05) is 12.2 Å².